The summed E-state index contributed by atoms with van der Waals surface area (Å²) in [4.78, 5) is 21.2. The molecule has 2 N–H and O–H groups in total. The molecule has 0 aliphatic carbocycles. The molecule has 3 rings (SSSR count). The third-order valence-corrected chi connectivity index (χ3v) is 6.78. The Hall–Kier alpha value is -2.08. The SMILES string of the molecule is CN=C(NCC(c1ccccc1)N1CCC(C)CC1)N1CCC(CC(=O)NC)CC1. The first kappa shape index (κ1) is 22.6. The normalized spacial score (nSPS) is 20.8. The molecule has 1 amide bonds. The predicted octanol–water partition coefficient (Wildman–Crippen LogP) is 2.88. The molecule has 0 spiro atoms. The second-order valence-corrected chi connectivity index (χ2v) is 8.88. The largest absolute Gasteiger partial charge is 0.359 e. The predicted molar refractivity (Wildman–Crippen MR) is 123 cm³/mol. The molecule has 0 radical (unpaired) electrons. The van der Waals surface area contributed by atoms with Gasteiger partial charge in [-0.25, -0.2) is 0 Å². The number of amides is 1. The zero-order chi connectivity index (χ0) is 21.3. The molecule has 1 unspecified atom stereocenters. The minimum atomic E-state index is 0.150. The first-order valence-corrected chi connectivity index (χ1v) is 11.6. The first-order chi connectivity index (χ1) is 14.6. The average Bonchev–Trinajstić information content (AvgIpc) is 2.79. The van der Waals surface area contributed by atoms with Crippen molar-refractivity contribution < 1.29 is 4.79 Å². The quantitative estimate of drug-likeness (QED) is 0.556. The van der Waals surface area contributed by atoms with E-state index in [0.29, 0.717) is 18.4 Å². The second kappa shape index (κ2) is 11.3. The van der Waals surface area contributed by atoms with Gasteiger partial charge in [0.25, 0.3) is 0 Å². The summed E-state index contributed by atoms with van der Waals surface area (Å²) in [6.07, 6.45) is 5.27. The minimum Gasteiger partial charge on any atom is -0.359 e. The number of guanidine groups is 1. The smallest absolute Gasteiger partial charge is 0.220 e. The minimum absolute atomic E-state index is 0.150. The molecule has 2 saturated heterocycles. The van der Waals surface area contributed by atoms with E-state index in [9.17, 15) is 4.79 Å². The lowest BCUT2D eigenvalue weighted by Gasteiger charge is -2.38. The maximum Gasteiger partial charge on any atom is 0.220 e. The summed E-state index contributed by atoms with van der Waals surface area (Å²) in [5.74, 6) is 2.44. The van der Waals surface area contributed by atoms with Crippen LogP contribution >= 0.6 is 0 Å². The summed E-state index contributed by atoms with van der Waals surface area (Å²) in [6.45, 7) is 7.46. The van der Waals surface area contributed by atoms with Crippen LogP contribution in [0, 0.1) is 11.8 Å². The number of rotatable bonds is 6. The van der Waals surface area contributed by atoms with Crippen LogP contribution in [0.1, 0.15) is 50.6 Å². The van der Waals surface area contributed by atoms with Crippen LogP contribution in [0.25, 0.3) is 0 Å². The second-order valence-electron chi connectivity index (χ2n) is 8.88. The van der Waals surface area contributed by atoms with Crippen molar-refractivity contribution in [1.82, 2.24) is 20.4 Å². The molecule has 2 fully saturated rings. The van der Waals surface area contributed by atoms with Crippen LogP contribution in [0.2, 0.25) is 0 Å². The molecule has 0 aromatic heterocycles. The van der Waals surface area contributed by atoms with Crippen LogP contribution in [0.3, 0.4) is 0 Å². The van der Waals surface area contributed by atoms with Crippen molar-refractivity contribution in [3.8, 4) is 0 Å². The van der Waals surface area contributed by atoms with Crippen molar-refractivity contribution in [3.05, 3.63) is 35.9 Å². The van der Waals surface area contributed by atoms with Gasteiger partial charge in [0.05, 0.1) is 6.04 Å². The Kier molecular flexibility index (Phi) is 8.55. The van der Waals surface area contributed by atoms with E-state index in [1.165, 1.54) is 18.4 Å². The van der Waals surface area contributed by atoms with Crippen molar-refractivity contribution in [3.63, 3.8) is 0 Å². The highest BCUT2D eigenvalue weighted by atomic mass is 16.1. The molecule has 1 atom stereocenters. The van der Waals surface area contributed by atoms with E-state index in [-0.39, 0.29) is 5.91 Å². The number of benzene rings is 1. The van der Waals surface area contributed by atoms with Crippen molar-refractivity contribution in [1.29, 1.82) is 0 Å². The average molecular weight is 414 g/mol. The molecular formula is C24H39N5O. The number of carbonyl (C=O) groups is 1. The molecular weight excluding hydrogens is 374 g/mol. The standard InChI is InChI=1S/C24H39N5O/c1-19-9-13-28(14-10-19)22(21-7-5-4-6-8-21)18-27-24(26-3)29-15-11-20(12-16-29)17-23(30)25-2/h4-8,19-20,22H,9-18H2,1-3H3,(H,25,30)(H,26,27). The number of carbonyl (C=O) groups excluding carboxylic acids is 1. The zero-order valence-corrected chi connectivity index (χ0v) is 18.9. The molecule has 6 nitrogen and oxygen atoms in total. The van der Waals surface area contributed by atoms with E-state index in [0.717, 1.165) is 57.4 Å². The summed E-state index contributed by atoms with van der Waals surface area (Å²) in [6, 6.07) is 11.2. The summed E-state index contributed by atoms with van der Waals surface area (Å²) in [5.41, 5.74) is 1.37. The fourth-order valence-electron chi connectivity index (χ4n) is 4.71. The number of hydrogen-bond donors (Lipinski definition) is 2. The fourth-order valence-corrected chi connectivity index (χ4v) is 4.71. The number of piperidine rings is 2. The maximum atomic E-state index is 11.7. The van der Waals surface area contributed by atoms with E-state index in [1.54, 1.807) is 7.05 Å². The van der Waals surface area contributed by atoms with Gasteiger partial charge in [-0.1, -0.05) is 37.3 Å². The van der Waals surface area contributed by atoms with E-state index >= 15 is 0 Å². The van der Waals surface area contributed by atoms with Crippen LogP contribution in [-0.4, -0.2) is 68.5 Å². The molecule has 2 heterocycles. The van der Waals surface area contributed by atoms with Crippen LogP contribution < -0.4 is 10.6 Å². The maximum absolute atomic E-state index is 11.7. The molecule has 0 saturated carbocycles. The summed E-state index contributed by atoms with van der Waals surface area (Å²) in [5, 5.41) is 6.41. The van der Waals surface area contributed by atoms with Gasteiger partial charge in [-0.3, -0.25) is 14.7 Å². The number of nitrogens with one attached hydrogen (secondary N) is 2. The van der Waals surface area contributed by atoms with E-state index in [2.05, 4.69) is 62.7 Å². The van der Waals surface area contributed by atoms with Crippen LogP contribution in [-0.2, 0) is 4.79 Å². The van der Waals surface area contributed by atoms with E-state index in [1.807, 2.05) is 7.05 Å². The number of hydrogen-bond acceptors (Lipinski definition) is 3. The Morgan fingerprint density at radius 2 is 1.77 bits per heavy atom. The Balaban J connectivity index is 1.58. The molecule has 1 aromatic carbocycles. The topological polar surface area (TPSA) is 60.0 Å². The van der Waals surface area contributed by atoms with Crippen LogP contribution in [0.5, 0.6) is 0 Å². The van der Waals surface area contributed by atoms with Gasteiger partial charge in [-0.2, -0.15) is 0 Å². The van der Waals surface area contributed by atoms with Gasteiger partial charge in [-0.05, 0) is 56.2 Å². The number of likely N-dealkylation sites (tertiary alicyclic amines) is 2. The molecule has 2 aliphatic heterocycles. The highest BCUT2D eigenvalue weighted by molar-refractivity contribution is 5.80. The molecule has 2 aliphatic rings. The Bertz CT molecular complexity index is 676. The van der Waals surface area contributed by atoms with E-state index in [4.69, 9.17) is 0 Å². The molecule has 0 bridgehead atoms. The van der Waals surface area contributed by atoms with Crippen LogP contribution in [0.15, 0.2) is 35.3 Å². The number of nitrogens with zero attached hydrogens (tertiary/aromatic N) is 3. The monoisotopic (exact) mass is 413 g/mol. The van der Waals surface area contributed by atoms with Gasteiger partial charge in [0, 0.05) is 40.2 Å². The summed E-state index contributed by atoms with van der Waals surface area (Å²) in [7, 11) is 3.59. The van der Waals surface area contributed by atoms with Gasteiger partial charge in [-0.15, -0.1) is 0 Å². The van der Waals surface area contributed by atoms with Crippen molar-refractivity contribution in [2.24, 2.45) is 16.8 Å². The lowest BCUT2D eigenvalue weighted by Crippen LogP contribution is -2.49. The third-order valence-electron chi connectivity index (χ3n) is 6.78. The Labute approximate surface area is 182 Å². The Morgan fingerprint density at radius 3 is 2.37 bits per heavy atom. The van der Waals surface area contributed by atoms with Gasteiger partial charge in [0.15, 0.2) is 5.96 Å². The zero-order valence-electron chi connectivity index (χ0n) is 18.9. The summed E-state index contributed by atoms with van der Waals surface area (Å²) < 4.78 is 0. The molecule has 1 aromatic rings. The Morgan fingerprint density at radius 1 is 1.10 bits per heavy atom. The van der Waals surface area contributed by atoms with Gasteiger partial charge >= 0.3 is 0 Å². The highest BCUT2D eigenvalue weighted by Gasteiger charge is 2.27. The highest BCUT2D eigenvalue weighted by Crippen LogP contribution is 2.26. The third kappa shape index (κ3) is 6.21. The van der Waals surface area contributed by atoms with Crippen molar-refractivity contribution >= 4 is 11.9 Å². The van der Waals surface area contributed by atoms with Crippen molar-refractivity contribution in [2.45, 2.75) is 45.1 Å². The fraction of sp³-hybridized carbons (Fsp3) is 0.667. The summed E-state index contributed by atoms with van der Waals surface area (Å²) >= 11 is 0. The van der Waals surface area contributed by atoms with Gasteiger partial charge in [0.1, 0.15) is 0 Å². The van der Waals surface area contributed by atoms with Gasteiger partial charge in [0.2, 0.25) is 5.91 Å². The van der Waals surface area contributed by atoms with Crippen molar-refractivity contribution in [2.75, 3.05) is 46.8 Å². The number of aliphatic imine (C=N–C) groups is 1. The van der Waals surface area contributed by atoms with E-state index < -0.39 is 0 Å². The van der Waals surface area contributed by atoms with Crippen LogP contribution in [0.4, 0.5) is 0 Å². The van der Waals surface area contributed by atoms with Gasteiger partial charge < -0.3 is 15.5 Å². The molecule has 30 heavy (non-hydrogen) atoms. The molecule has 166 valence electrons. The lowest BCUT2D eigenvalue weighted by atomic mass is 9.93. The molecule has 6 heteroatoms. The first-order valence-electron chi connectivity index (χ1n) is 11.6. The lowest BCUT2D eigenvalue weighted by molar-refractivity contribution is -0.121.